The lowest BCUT2D eigenvalue weighted by Crippen LogP contribution is -2.41. The first-order valence-electron chi connectivity index (χ1n) is 7.70. The molecule has 0 unspecified atom stereocenters. The molecule has 2 rings (SSSR count). The zero-order valence-corrected chi connectivity index (χ0v) is 17.6. The second kappa shape index (κ2) is 8.97. The van der Waals surface area contributed by atoms with Crippen molar-refractivity contribution in [2.24, 2.45) is 7.05 Å². The Bertz CT molecular complexity index is 820. The molecule has 0 saturated carbocycles. The van der Waals surface area contributed by atoms with E-state index in [-0.39, 0.29) is 29.5 Å². The zero-order valence-electron chi connectivity index (χ0n) is 14.6. The number of methoxy groups -OCH3 is 1. The topological polar surface area (TPSA) is 104 Å². The summed E-state index contributed by atoms with van der Waals surface area (Å²) in [5, 5.41) is 2.49. The molecule has 0 saturated heterocycles. The van der Waals surface area contributed by atoms with Crippen LogP contribution in [-0.4, -0.2) is 42.8 Å². The molecule has 0 radical (unpaired) electrons. The summed E-state index contributed by atoms with van der Waals surface area (Å²) in [7, 11) is 4.64. The van der Waals surface area contributed by atoms with Crippen LogP contribution in [0.1, 0.15) is 18.4 Å². The highest BCUT2D eigenvalue weighted by Gasteiger charge is 2.43. The number of rotatable bonds is 7. The Hall–Kier alpha value is -1.44. The number of nitrogens with one attached hydrogen (secondary N) is 2. The van der Waals surface area contributed by atoms with Crippen molar-refractivity contribution in [3.8, 4) is 0 Å². The molecule has 1 aliphatic heterocycles. The van der Waals surface area contributed by atoms with Gasteiger partial charge in [-0.25, -0.2) is 4.79 Å². The number of carbonyl (C=O) groups excluding carboxylic acids is 1. The summed E-state index contributed by atoms with van der Waals surface area (Å²) in [5.74, 6) is -0.604. The van der Waals surface area contributed by atoms with Crippen LogP contribution in [0.5, 0.6) is 0 Å². The lowest BCUT2D eigenvalue weighted by atomic mass is 9.99. The van der Waals surface area contributed by atoms with E-state index in [1.54, 1.807) is 43.4 Å². The minimum absolute atomic E-state index is 0.150. The Balaban J connectivity index is 2.53. The number of H-pyrrole nitrogens is 1. The molecule has 1 amide bonds. The minimum atomic E-state index is -1.35. The molecule has 0 fully saturated rings. The van der Waals surface area contributed by atoms with Crippen molar-refractivity contribution in [3.63, 3.8) is 0 Å². The fraction of sp³-hybridized carbons (Fsp3) is 0.533. The number of aryl methyl sites for hydroxylation is 1. The summed E-state index contributed by atoms with van der Waals surface area (Å²) in [6, 6.07) is 0. The zero-order chi connectivity index (χ0) is 19.3. The molecular weight excluding hydrogens is 477 g/mol. The predicted octanol–water partition coefficient (Wildman–Crippen LogP) is 1.39. The molecule has 1 atom stereocenters. The normalized spacial score (nSPS) is 19.8. The van der Waals surface area contributed by atoms with Gasteiger partial charge in [0.1, 0.15) is 46.6 Å². The number of likely N-dealkylation sites (N-methyl/N-ethyl adjacent to an activating group) is 1. The number of hydrogen-bond acceptors (Lipinski definition) is 7. The van der Waals surface area contributed by atoms with Gasteiger partial charge in [-0.2, -0.15) is 0 Å². The highest BCUT2D eigenvalue weighted by molar-refractivity contribution is 14.1. The van der Waals surface area contributed by atoms with E-state index in [1.807, 2.05) is 0 Å². The smallest absolute Gasteiger partial charge is 0.326 e. The fourth-order valence-electron chi connectivity index (χ4n) is 2.56. The van der Waals surface area contributed by atoms with Crippen LogP contribution in [0.4, 0.5) is 0 Å². The van der Waals surface area contributed by atoms with Gasteiger partial charge in [-0.1, -0.05) is 12.2 Å². The number of ether oxygens (including phenoxy) is 3. The van der Waals surface area contributed by atoms with E-state index in [2.05, 4.69) is 10.3 Å². The maximum absolute atomic E-state index is 11.8. The van der Waals surface area contributed by atoms with Crippen molar-refractivity contribution >= 4 is 41.1 Å². The van der Waals surface area contributed by atoms with E-state index in [0.717, 1.165) is 0 Å². The van der Waals surface area contributed by atoms with Gasteiger partial charge < -0.3 is 27.2 Å². The Labute approximate surface area is 169 Å². The molecule has 1 aromatic heterocycles. The molecule has 1 aliphatic rings. The van der Waals surface area contributed by atoms with E-state index in [9.17, 15) is 9.59 Å². The van der Waals surface area contributed by atoms with Gasteiger partial charge >= 0.3 is 5.69 Å². The molecule has 26 heavy (non-hydrogen) atoms. The number of amides is 1. The number of halogens is 1. The summed E-state index contributed by atoms with van der Waals surface area (Å²) in [5.41, 5.74) is 0.0829. The van der Waals surface area contributed by atoms with Gasteiger partial charge in [-0.15, -0.1) is 0 Å². The fourth-order valence-corrected chi connectivity index (χ4v) is 3.14. The van der Waals surface area contributed by atoms with Gasteiger partial charge in [-0.3, -0.25) is 9.78 Å². The Kier molecular flexibility index (Phi) is 7.20. The molecule has 0 spiro atoms. The third-order valence-corrected chi connectivity index (χ3v) is 4.58. The number of nitrogens with zero attached hydrogens (tertiary/aromatic N) is 1. The summed E-state index contributed by atoms with van der Waals surface area (Å²) in [6.07, 6.45) is 2.37. The summed E-state index contributed by atoms with van der Waals surface area (Å²) in [4.78, 5) is 26.1. The SMILES string of the molecule is CNC(=O)CO[C@@]1(c2cn(C)c(=O)[nH]c2=S)CCC(OC)=C(COI)O1. The average molecular weight is 497 g/mol. The molecule has 0 bridgehead atoms. The van der Waals surface area contributed by atoms with Crippen molar-refractivity contribution in [3.05, 3.63) is 38.4 Å². The number of aromatic nitrogens is 2. The van der Waals surface area contributed by atoms with Gasteiger partial charge in [0.2, 0.25) is 11.7 Å². The van der Waals surface area contributed by atoms with Crippen LogP contribution in [0.2, 0.25) is 0 Å². The summed E-state index contributed by atoms with van der Waals surface area (Å²) in [6.45, 7) is -0.0914. The first-order valence-corrected chi connectivity index (χ1v) is 8.99. The average Bonchev–Trinajstić information content (AvgIpc) is 2.63. The lowest BCUT2D eigenvalue weighted by Gasteiger charge is -2.38. The molecule has 9 nitrogen and oxygen atoms in total. The quantitative estimate of drug-likeness (QED) is 0.434. The van der Waals surface area contributed by atoms with Crippen LogP contribution >= 0.6 is 35.2 Å². The second-order valence-electron chi connectivity index (χ2n) is 5.53. The van der Waals surface area contributed by atoms with Crippen LogP contribution in [0.3, 0.4) is 0 Å². The Morgan fingerprint density at radius 1 is 1.58 bits per heavy atom. The van der Waals surface area contributed by atoms with Crippen molar-refractivity contribution in [1.29, 1.82) is 0 Å². The molecule has 1 aromatic rings. The first-order chi connectivity index (χ1) is 12.4. The van der Waals surface area contributed by atoms with Crippen LogP contribution in [0.25, 0.3) is 0 Å². The third kappa shape index (κ3) is 4.45. The van der Waals surface area contributed by atoms with Crippen LogP contribution in [0.15, 0.2) is 22.5 Å². The molecule has 2 heterocycles. The molecular formula is C15H20IN3O6S. The first kappa shape index (κ1) is 20.9. The van der Waals surface area contributed by atoms with E-state index >= 15 is 0 Å². The van der Waals surface area contributed by atoms with E-state index in [4.69, 9.17) is 29.5 Å². The third-order valence-electron chi connectivity index (χ3n) is 3.95. The van der Waals surface area contributed by atoms with Gasteiger partial charge in [0.15, 0.2) is 5.76 Å². The minimum Gasteiger partial charge on any atom is -0.497 e. The molecule has 11 heteroatoms. The maximum Gasteiger partial charge on any atom is 0.326 e. The van der Waals surface area contributed by atoms with Crippen LogP contribution in [0, 0.1) is 4.64 Å². The number of aromatic amines is 1. The lowest BCUT2D eigenvalue weighted by molar-refractivity contribution is -0.240. The monoisotopic (exact) mass is 497 g/mol. The molecule has 0 aliphatic carbocycles. The van der Waals surface area contributed by atoms with Crippen molar-refractivity contribution < 1.29 is 22.1 Å². The van der Waals surface area contributed by atoms with E-state index < -0.39 is 5.79 Å². The molecule has 2 N–H and O–H groups in total. The molecule has 144 valence electrons. The second-order valence-corrected chi connectivity index (χ2v) is 6.56. The van der Waals surface area contributed by atoms with E-state index in [0.29, 0.717) is 29.9 Å². The van der Waals surface area contributed by atoms with Crippen molar-refractivity contribution in [2.45, 2.75) is 18.6 Å². The van der Waals surface area contributed by atoms with Crippen molar-refractivity contribution in [2.75, 3.05) is 27.4 Å². The number of allylic oxidation sites excluding steroid dienone is 1. The summed E-state index contributed by atoms with van der Waals surface area (Å²) >= 11 is 7.06. The standard InChI is InChI=1S/C15H20IN3O6S/c1-17-12(20)8-23-15(9-6-19(2)14(21)18-13(9)26)5-4-10(22-3)11(25-15)7-24-16/h6H,4-5,7-8H2,1-3H3,(H,17,20)(H,18,21,26)/t15-/m0/s1. The van der Waals surface area contributed by atoms with Gasteiger partial charge in [0.05, 0.1) is 12.7 Å². The molecule has 0 aromatic carbocycles. The predicted molar refractivity (Wildman–Crippen MR) is 103 cm³/mol. The van der Waals surface area contributed by atoms with Crippen LogP contribution in [-0.2, 0) is 34.9 Å². The largest absolute Gasteiger partial charge is 0.497 e. The highest BCUT2D eigenvalue weighted by atomic mass is 127. The Morgan fingerprint density at radius 3 is 2.92 bits per heavy atom. The summed E-state index contributed by atoms with van der Waals surface area (Å²) < 4.78 is 24.0. The van der Waals surface area contributed by atoms with Gasteiger partial charge in [-0.05, 0) is 0 Å². The van der Waals surface area contributed by atoms with Gasteiger partial charge in [0.25, 0.3) is 0 Å². The maximum atomic E-state index is 11.8. The highest BCUT2D eigenvalue weighted by Crippen LogP contribution is 2.41. The van der Waals surface area contributed by atoms with Crippen molar-refractivity contribution in [1.82, 2.24) is 14.9 Å². The Morgan fingerprint density at radius 2 is 2.31 bits per heavy atom. The number of carbonyl (C=O) groups is 1. The van der Waals surface area contributed by atoms with Crippen LogP contribution < -0.4 is 11.0 Å². The van der Waals surface area contributed by atoms with Gasteiger partial charge in [0, 0.05) is 33.1 Å². The number of hydrogen-bond donors (Lipinski definition) is 2. The van der Waals surface area contributed by atoms with E-state index in [1.165, 1.54) is 11.6 Å².